The Bertz CT molecular complexity index is 963. The number of phosphoric ester groups is 1. The Morgan fingerprint density at radius 1 is 0.968 bits per heavy atom. The Kier molecular flexibility index (Phi) is 6.16. The van der Waals surface area contributed by atoms with Crippen LogP contribution < -0.4 is 5.32 Å². The molecule has 10 heteroatoms. The van der Waals surface area contributed by atoms with Gasteiger partial charge in [-0.3, -0.25) is 4.52 Å². The summed E-state index contributed by atoms with van der Waals surface area (Å²) in [5, 5.41) is 22.8. The molecule has 166 valence electrons. The third-order valence-corrected chi connectivity index (χ3v) is 6.39. The summed E-state index contributed by atoms with van der Waals surface area (Å²) >= 11 is 0. The van der Waals surface area contributed by atoms with E-state index in [0.29, 0.717) is 0 Å². The zero-order chi connectivity index (χ0) is 22.2. The number of aliphatic hydroxyl groups is 2. The topological polar surface area (TPSA) is 146 Å². The summed E-state index contributed by atoms with van der Waals surface area (Å²) in [6.45, 7) is -0.332. The molecule has 0 saturated heterocycles. The van der Waals surface area contributed by atoms with Crippen molar-refractivity contribution in [3.8, 4) is 11.1 Å². The third kappa shape index (κ3) is 4.67. The summed E-state index contributed by atoms with van der Waals surface area (Å²) in [6, 6.07) is 15.1. The fourth-order valence-corrected chi connectivity index (χ4v) is 4.80. The second kappa shape index (κ2) is 8.70. The van der Waals surface area contributed by atoms with E-state index < -0.39 is 44.7 Å². The molecule has 4 atom stereocenters. The van der Waals surface area contributed by atoms with Crippen LogP contribution in [0.4, 0.5) is 4.79 Å². The highest BCUT2D eigenvalue weighted by Gasteiger charge is 2.43. The van der Waals surface area contributed by atoms with Crippen LogP contribution in [0.2, 0.25) is 0 Å². The van der Waals surface area contributed by atoms with Crippen LogP contribution in [0.25, 0.3) is 11.1 Å². The Balaban J connectivity index is 1.36. The minimum absolute atomic E-state index is 0.0898. The SMILES string of the molecule is O=C(NC1C[C@H](COP(=O)(O)O)[C@@H](O)[C@H]1O)OCC1c2ccccc2-c2ccccc21. The van der Waals surface area contributed by atoms with Crippen LogP contribution in [0.15, 0.2) is 48.5 Å². The highest BCUT2D eigenvalue weighted by atomic mass is 31.2. The quantitative estimate of drug-likeness (QED) is 0.420. The van der Waals surface area contributed by atoms with Gasteiger partial charge in [0, 0.05) is 11.8 Å². The number of alkyl carbamates (subject to hydrolysis) is 1. The fourth-order valence-electron chi connectivity index (χ4n) is 4.42. The van der Waals surface area contributed by atoms with Gasteiger partial charge >= 0.3 is 13.9 Å². The zero-order valence-electron chi connectivity index (χ0n) is 16.5. The molecule has 1 fully saturated rings. The lowest BCUT2D eigenvalue weighted by molar-refractivity contribution is -0.000357. The first-order valence-electron chi connectivity index (χ1n) is 9.92. The van der Waals surface area contributed by atoms with Crippen molar-refractivity contribution in [1.29, 1.82) is 0 Å². The van der Waals surface area contributed by atoms with Crippen LogP contribution in [0.5, 0.6) is 0 Å². The van der Waals surface area contributed by atoms with Gasteiger partial charge in [-0.15, -0.1) is 0 Å². The van der Waals surface area contributed by atoms with Gasteiger partial charge in [0.25, 0.3) is 0 Å². The Morgan fingerprint density at radius 2 is 1.55 bits per heavy atom. The smallest absolute Gasteiger partial charge is 0.449 e. The second-order valence-electron chi connectivity index (χ2n) is 7.84. The molecule has 31 heavy (non-hydrogen) atoms. The Hall–Kier alpha value is -2.26. The largest absolute Gasteiger partial charge is 0.469 e. The summed E-state index contributed by atoms with van der Waals surface area (Å²) in [6.07, 6.45) is -3.24. The molecule has 0 aromatic heterocycles. The molecule has 4 rings (SSSR count). The molecule has 2 aromatic rings. The number of aliphatic hydroxyl groups excluding tert-OH is 2. The lowest BCUT2D eigenvalue weighted by atomic mass is 9.98. The maximum Gasteiger partial charge on any atom is 0.469 e. The van der Waals surface area contributed by atoms with Crippen molar-refractivity contribution in [3.63, 3.8) is 0 Å². The van der Waals surface area contributed by atoms with Gasteiger partial charge in [0.05, 0.1) is 18.8 Å². The van der Waals surface area contributed by atoms with E-state index in [1.165, 1.54) is 0 Å². The summed E-state index contributed by atoms with van der Waals surface area (Å²) < 4.78 is 20.7. The molecular weight excluding hydrogens is 425 g/mol. The third-order valence-electron chi connectivity index (χ3n) is 5.91. The first kappa shape index (κ1) is 22.0. The lowest BCUT2D eigenvalue weighted by Gasteiger charge is -2.19. The fraction of sp³-hybridized carbons (Fsp3) is 0.381. The summed E-state index contributed by atoms with van der Waals surface area (Å²) in [7, 11) is -4.69. The van der Waals surface area contributed by atoms with Crippen molar-refractivity contribution in [2.45, 2.75) is 30.6 Å². The number of nitrogens with one attached hydrogen (secondary N) is 1. The van der Waals surface area contributed by atoms with Crippen LogP contribution in [-0.2, 0) is 13.8 Å². The summed E-state index contributed by atoms with van der Waals surface area (Å²) in [5.41, 5.74) is 4.36. The number of hydrogen-bond donors (Lipinski definition) is 5. The molecule has 1 saturated carbocycles. The van der Waals surface area contributed by atoms with Crippen molar-refractivity contribution in [2.75, 3.05) is 13.2 Å². The van der Waals surface area contributed by atoms with E-state index in [1.807, 2.05) is 48.5 Å². The molecule has 0 aliphatic heterocycles. The average molecular weight is 449 g/mol. The minimum Gasteiger partial charge on any atom is -0.449 e. The van der Waals surface area contributed by atoms with Crippen LogP contribution in [0, 0.1) is 5.92 Å². The Labute approximate surface area is 178 Å². The van der Waals surface area contributed by atoms with Gasteiger partial charge in [-0.25, -0.2) is 9.36 Å². The van der Waals surface area contributed by atoms with Gasteiger partial charge in [-0.1, -0.05) is 48.5 Å². The minimum atomic E-state index is -4.69. The normalized spacial score (nSPS) is 25.2. The number of fused-ring (bicyclic) bond motifs is 3. The number of rotatable bonds is 6. The first-order chi connectivity index (χ1) is 14.7. The molecule has 0 bridgehead atoms. The van der Waals surface area contributed by atoms with Gasteiger partial charge in [-0.05, 0) is 28.7 Å². The molecular formula is C21H24NO8P. The van der Waals surface area contributed by atoms with E-state index >= 15 is 0 Å². The molecule has 5 N–H and O–H groups in total. The molecule has 1 unspecified atom stereocenters. The average Bonchev–Trinajstić information content (AvgIpc) is 3.20. The number of carbonyl (C=O) groups excluding carboxylic acids is 1. The van der Waals surface area contributed by atoms with Crippen molar-refractivity contribution in [2.24, 2.45) is 5.92 Å². The van der Waals surface area contributed by atoms with Gasteiger partial charge in [0.15, 0.2) is 0 Å². The van der Waals surface area contributed by atoms with Crippen LogP contribution >= 0.6 is 7.82 Å². The molecule has 2 aliphatic carbocycles. The molecule has 0 spiro atoms. The predicted octanol–water partition coefficient (Wildman–Crippen LogP) is 1.74. The molecule has 2 aliphatic rings. The first-order valence-corrected chi connectivity index (χ1v) is 11.5. The van der Waals surface area contributed by atoms with Crippen molar-refractivity contribution in [1.82, 2.24) is 5.32 Å². The number of ether oxygens (including phenoxy) is 1. The van der Waals surface area contributed by atoms with Crippen LogP contribution in [-0.4, -0.2) is 57.6 Å². The van der Waals surface area contributed by atoms with E-state index in [-0.39, 0.29) is 18.9 Å². The Morgan fingerprint density at radius 3 is 2.13 bits per heavy atom. The van der Waals surface area contributed by atoms with E-state index in [4.69, 9.17) is 14.5 Å². The van der Waals surface area contributed by atoms with Gasteiger partial charge in [0.2, 0.25) is 0 Å². The number of benzene rings is 2. The van der Waals surface area contributed by atoms with E-state index in [9.17, 15) is 19.6 Å². The molecule has 1 amide bonds. The van der Waals surface area contributed by atoms with Crippen LogP contribution in [0.3, 0.4) is 0 Å². The maximum absolute atomic E-state index is 12.4. The number of carbonyl (C=O) groups is 1. The summed E-state index contributed by atoms with van der Waals surface area (Å²) in [5.74, 6) is -0.844. The van der Waals surface area contributed by atoms with E-state index in [1.54, 1.807) is 0 Å². The number of phosphoric acid groups is 1. The molecule has 0 heterocycles. The summed E-state index contributed by atoms with van der Waals surface area (Å²) in [4.78, 5) is 30.0. The maximum atomic E-state index is 12.4. The highest BCUT2D eigenvalue weighted by molar-refractivity contribution is 7.46. The monoisotopic (exact) mass is 449 g/mol. The van der Waals surface area contributed by atoms with E-state index in [2.05, 4.69) is 9.84 Å². The molecule has 2 aromatic carbocycles. The van der Waals surface area contributed by atoms with Gasteiger partial charge < -0.3 is 30.1 Å². The lowest BCUT2D eigenvalue weighted by Crippen LogP contribution is -2.43. The van der Waals surface area contributed by atoms with Crippen molar-refractivity contribution in [3.05, 3.63) is 59.7 Å². The van der Waals surface area contributed by atoms with Crippen LogP contribution in [0.1, 0.15) is 23.5 Å². The number of hydrogen-bond acceptors (Lipinski definition) is 6. The predicted molar refractivity (Wildman–Crippen MR) is 110 cm³/mol. The molecule has 0 radical (unpaired) electrons. The van der Waals surface area contributed by atoms with Crippen molar-refractivity contribution >= 4 is 13.9 Å². The standard InChI is InChI=1S/C21H24NO8P/c23-19-12(10-30-31(26,27)28)9-18(20(19)24)22-21(25)29-11-17-15-7-3-1-5-13(15)14-6-2-4-8-16(14)17/h1-8,12,17-20,23-24H,9-11H2,(H,22,25)(H2,26,27,28)/t12-,18?,19-,20+/m1/s1. The number of amides is 1. The highest BCUT2D eigenvalue weighted by Crippen LogP contribution is 2.44. The van der Waals surface area contributed by atoms with Crippen molar-refractivity contribution < 1.29 is 38.6 Å². The zero-order valence-corrected chi connectivity index (χ0v) is 17.4. The van der Waals surface area contributed by atoms with Gasteiger partial charge in [-0.2, -0.15) is 0 Å². The van der Waals surface area contributed by atoms with Gasteiger partial charge in [0.1, 0.15) is 12.7 Å². The second-order valence-corrected chi connectivity index (χ2v) is 9.08. The molecule has 9 nitrogen and oxygen atoms in total. The van der Waals surface area contributed by atoms with E-state index in [0.717, 1.165) is 22.3 Å².